The molecule has 0 aliphatic heterocycles. The highest BCUT2D eigenvalue weighted by Gasteiger charge is 2.31. The second-order valence-corrected chi connectivity index (χ2v) is 12.0. The first-order valence-electron chi connectivity index (χ1n) is 10.3. The van der Waals surface area contributed by atoms with Gasteiger partial charge in [0, 0.05) is 18.9 Å². The van der Waals surface area contributed by atoms with Crippen molar-refractivity contribution >= 4 is 19.9 Å². The van der Waals surface area contributed by atoms with Crippen LogP contribution in [0.25, 0.3) is 0 Å². The number of nitrogens with one attached hydrogen (secondary N) is 1. The largest absolute Gasteiger partial charge is 0.264 e. The molecule has 0 amide bonds. The lowest BCUT2D eigenvalue weighted by molar-refractivity contribution is 0.568. The number of pyridine rings is 1. The van der Waals surface area contributed by atoms with Gasteiger partial charge < -0.3 is 0 Å². The molecule has 0 saturated heterocycles. The first-order chi connectivity index (χ1) is 15.0. The highest BCUT2D eigenvalue weighted by molar-refractivity contribution is 7.92. The Morgan fingerprint density at radius 1 is 0.906 bits per heavy atom. The summed E-state index contributed by atoms with van der Waals surface area (Å²) in [5, 5.41) is -1.12. The van der Waals surface area contributed by atoms with Gasteiger partial charge in [-0.25, -0.2) is 21.6 Å². The molecule has 0 saturated carbocycles. The van der Waals surface area contributed by atoms with Gasteiger partial charge in [0.2, 0.25) is 10.0 Å². The monoisotopic (exact) mass is 472 g/mol. The highest BCUT2D eigenvalue weighted by Crippen LogP contribution is 2.30. The van der Waals surface area contributed by atoms with Crippen molar-refractivity contribution in [3.63, 3.8) is 0 Å². The summed E-state index contributed by atoms with van der Waals surface area (Å²) >= 11 is 0. The van der Waals surface area contributed by atoms with E-state index in [9.17, 15) is 16.8 Å². The van der Waals surface area contributed by atoms with Crippen LogP contribution in [0.15, 0.2) is 76.8 Å². The van der Waals surface area contributed by atoms with E-state index in [1.165, 1.54) is 6.20 Å². The van der Waals surface area contributed by atoms with Crippen LogP contribution in [-0.2, 0) is 19.9 Å². The van der Waals surface area contributed by atoms with E-state index in [1.54, 1.807) is 61.7 Å². The van der Waals surface area contributed by atoms with Gasteiger partial charge >= 0.3 is 0 Å². The molecule has 32 heavy (non-hydrogen) atoms. The molecule has 1 N–H and O–H groups in total. The predicted octanol–water partition coefficient (Wildman–Crippen LogP) is 4.32. The standard InChI is InChI=1S/C24H28N2O4S2/c1-17(2)20-9-11-22(12-10-20)31(27,28)24(21-6-5-13-25-15-21)16-26-32(29,30)23-14-18(3)7-8-19(23)4/h5-15,17,24,26H,16H2,1-4H3. The molecular formula is C24H28N2O4S2. The lowest BCUT2D eigenvalue weighted by Crippen LogP contribution is -2.32. The Labute approximate surface area is 190 Å². The van der Waals surface area contributed by atoms with Gasteiger partial charge in [0.1, 0.15) is 5.25 Å². The molecule has 3 aromatic rings. The van der Waals surface area contributed by atoms with Gasteiger partial charge in [-0.05, 0) is 66.3 Å². The molecule has 1 atom stereocenters. The van der Waals surface area contributed by atoms with Crippen molar-refractivity contribution in [2.45, 2.75) is 48.7 Å². The summed E-state index contributed by atoms with van der Waals surface area (Å²) < 4.78 is 55.6. The Balaban J connectivity index is 1.98. The molecule has 0 aliphatic carbocycles. The van der Waals surface area contributed by atoms with Crippen LogP contribution >= 0.6 is 0 Å². The fourth-order valence-electron chi connectivity index (χ4n) is 3.44. The summed E-state index contributed by atoms with van der Waals surface area (Å²) in [5.41, 5.74) is 2.84. The maximum absolute atomic E-state index is 13.5. The molecule has 2 aromatic carbocycles. The van der Waals surface area contributed by atoms with Crippen LogP contribution in [-0.4, -0.2) is 28.4 Å². The number of sulfonamides is 1. The van der Waals surface area contributed by atoms with Crippen molar-refractivity contribution in [2.75, 3.05) is 6.54 Å². The zero-order valence-electron chi connectivity index (χ0n) is 18.6. The number of aryl methyl sites for hydroxylation is 2. The van der Waals surface area contributed by atoms with E-state index in [1.807, 2.05) is 26.8 Å². The Morgan fingerprint density at radius 3 is 2.19 bits per heavy atom. The second-order valence-electron chi connectivity index (χ2n) is 8.16. The van der Waals surface area contributed by atoms with Crippen molar-refractivity contribution in [1.29, 1.82) is 0 Å². The van der Waals surface area contributed by atoms with Crippen LogP contribution in [0, 0.1) is 13.8 Å². The summed E-state index contributed by atoms with van der Waals surface area (Å²) in [4.78, 5) is 4.32. The van der Waals surface area contributed by atoms with Crippen molar-refractivity contribution < 1.29 is 16.8 Å². The predicted molar refractivity (Wildman–Crippen MR) is 126 cm³/mol. The Morgan fingerprint density at radius 2 is 1.59 bits per heavy atom. The van der Waals surface area contributed by atoms with Crippen LogP contribution in [0.1, 0.15) is 47.3 Å². The van der Waals surface area contributed by atoms with E-state index in [-0.39, 0.29) is 22.3 Å². The molecule has 0 spiro atoms. The molecule has 3 rings (SSSR count). The fraction of sp³-hybridized carbons (Fsp3) is 0.292. The third-order valence-electron chi connectivity index (χ3n) is 5.40. The van der Waals surface area contributed by atoms with Gasteiger partial charge in [-0.1, -0.05) is 44.2 Å². The average Bonchev–Trinajstić information content (AvgIpc) is 2.76. The maximum atomic E-state index is 13.5. The highest BCUT2D eigenvalue weighted by atomic mass is 32.2. The molecule has 0 radical (unpaired) electrons. The number of nitrogens with zero attached hydrogens (tertiary/aromatic N) is 1. The first-order valence-corrected chi connectivity index (χ1v) is 13.4. The van der Waals surface area contributed by atoms with Crippen LogP contribution in [0.3, 0.4) is 0 Å². The molecule has 0 fully saturated rings. The molecule has 6 nitrogen and oxygen atoms in total. The average molecular weight is 473 g/mol. The first kappa shape index (κ1) is 24.1. The molecule has 0 aliphatic rings. The van der Waals surface area contributed by atoms with Crippen molar-refractivity contribution in [1.82, 2.24) is 9.71 Å². The van der Waals surface area contributed by atoms with Gasteiger partial charge in [-0.2, -0.15) is 0 Å². The fourth-order valence-corrected chi connectivity index (χ4v) is 6.56. The number of aromatic nitrogens is 1. The molecular weight excluding hydrogens is 444 g/mol. The SMILES string of the molecule is Cc1ccc(C)c(S(=O)(=O)NCC(c2cccnc2)S(=O)(=O)c2ccc(C(C)C)cc2)c1. The van der Waals surface area contributed by atoms with Gasteiger partial charge in [-0.15, -0.1) is 0 Å². The van der Waals surface area contributed by atoms with Gasteiger partial charge in [-0.3, -0.25) is 4.98 Å². The van der Waals surface area contributed by atoms with Crippen molar-refractivity contribution in [3.8, 4) is 0 Å². The van der Waals surface area contributed by atoms with E-state index in [2.05, 4.69) is 9.71 Å². The van der Waals surface area contributed by atoms with Crippen molar-refractivity contribution in [2.24, 2.45) is 0 Å². The van der Waals surface area contributed by atoms with E-state index in [4.69, 9.17) is 0 Å². The third-order valence-corrected chi connectivity index (χ3v) is 9.08. The summed E-state index contributed by atoms with van der Waals surface area (Å²) in [6, 6.07) is 15.2. The second kappa shape index (κ2) is 9.52. The van der Waals surface area contributed by atoms with Crippen LogP contribution in [0.5, 0.6) is 0 Å². The van der Waals surface area contributed by atoms with E-state index in [0.717, 1.165) is 11.1 Å². The zero-order chi connectivity index (χ0) is 23.5. The Bertz CT molecular complexity index is 1290. The lowest BCUT2D eigenvalue weighted by atomic mass is 10.0. The third kappa shape index (κ3) is 5.26. The zero-order valence-corrected chi connectivity index (χ0v) is 20.2. The van der Waals surface area contributed by atoms with Gasteiger partial charge in [0.25, 0.3) is 0 Å². The normalized spacial score (nSPS) is 13.3. The molecule has 1 heterocycles. The van der Waals surface area contributed by atoms with Crippen molar-refractivity contribution in [3.05, 3.63) is 89.2 Å². The number of hydrogen-bond donors (Lipinski definition) is 1. The summed E-state index contributed by atoms with van der Waals surface area (Å²) in [7, 11) is -7.80. The summed E-state index contributed by atoms with van der Waals surface area (Å²) in [5.74, 6) is 0.269. The number of hydrogen-bond acceptors (Lipinski definition) is 5. The van der Waals surface area contributed by atoms with E-state index < -0.39 is 25.1 Å². The van der Waals surface area contributed by atoms with Crippen LogP contribution < -0.4 is 4.72 Å². The summed E-state index contributed by atoms with van der Waals surface area (Å²) in [6.07, 6.45) is 3.00. The molecule has 8 heteroatoms. The van der Waals surface area contributed by atoms with Crippen LogP contribution in [0.4, 0.5) is 0 Å². The van der Waals surface area contributed by atoms with E-state index >= 15 is 0 Å². The van der Waals surface area contributed by atoms with Crippen LogP contribution in [0.2, 0.25) is 0 Å². The quantitative estimate of drug-likeness (QED) is 0.527. The molecule has 1 aromatic heterocycles. The van der Waals surface area contributed by atoms with Gasteiger partial charge in [0.05, 0.1) is 9.79 Å². The number of sulfone groups is 1. The maximum Gasteiger partial charge on any atom is 0.240 e. The van der Waals surface area contributed by atoms with E-state index in [0.29, 0.717) is 11.1 Å². The number of rotatable bonds is 8. The lowest BCUT2D eigenvalue weighted by Gasteiger charge is -2.20. The number of benzene rings is 2. The smallest absolute Gasteiger partial charge is 0.240 e. The minimum atomic E-state index is -3.91. The summed E-state index contributed by atoms with van der Waals surface area (Å²) in [6.45, 7) is 7.27. The minimum absolute atomic E-state index is 0.140. The van der Waals surface area contributed by atoms with Gasteiger partial charge in [0.15, 0.2) is 9.84 Å². The Hall–Kier alpha value is -2.55. The minimum Gasteiger partial charge on any atom is -0.264 e. The molecule has 170 valence electrons. The topological polar surface area (TPSA) is 93.2 Å². The Kier molecular flexibility index (Phi) is 7.17. The molecule has 0 bridgehead atoms. The molecule has 1 unspecified atom stereocenters.